The van der Waals surface area contributed by atoms with Gasteiger partial charge in [0, 0.05) is 12.2 Å². The Balaban J connectivity index is 2.79. The molecule has 13 nitrogen and oxygen atoms in total. The van der Waals surface area contributed by atoms with Crippen LogP contribution in [0.4, 0.5) is 0 Å². The summed E-state index contributed by atoms with van der Waals surface area (Å²) in [6, 6.07) is 0.745. The summed E-state index contributed by atoms with van der Waals surface area (Å²) >= 11 is 4.04. The second-order valence-corrected chi connectivity index (χ2v) is 8.22. The van der Waals surface area contributed by atoms with E-state index in [9.17, 15) is 39.3 Å². The predicted molar refractivity (Wildman–Crippen MR) is 127 cm³/mol. The van der Waals surface area contributed by atoms with Gasteiger partial charge in [-0.3, -0.25) is 19.2 Å². The molecule has 0 heterocycles. The minimum atomic E-state index is -1.57. The van der Waals surface area contributed by atoms with Crippen LogP contribution in [0.25, 0.3) is 0 Å². The summed E-state index contributed by atoms with van der Waals surface area (Å²) < 4.78 is 0. The SMILES string of the molecule is CC(O)C(NC(=O)C(CS)NC(=O)C(N)Cc1ccc(O)cc1)C(=O)NC(CCC(N)=O)C(=O)O. The number of benzene rings is 1. The number of aliphatic hydroxyl groups excluding tert-OH is 1. The van der Waals surface area contributed by atoms with Crippen molar-refractivity contribution in [2.45, 2.75) is 56.5 Å². The molecule has 0 aliphatic heterocycles. The number of rotatable bonds is 14. The van der Waals surface area contributed by atoms with E-state index in [0.29, 0.717) is 5.56 Å². The van der Waals surface area contributed by atoms with E-state index in [1.165, 1.54) is 19.1 Å². The zero-order chi connectivity index (χ0) is 26.7. The molecule has 194 valence electrons. The first kappa shape index (κ1) is 29.7. The molecule has 1 aromatic rings. The number of aliphatic hydroxyl groups is 1. The van der Waals surface area contributed by atoms with Gasteiger partial charge in [-0.15, -0.1) is 0 Å². The number of primary amides is 1. The molecular weight excluding hydrogens is 482 g/mol. The van der Waals surface area contributed by atoms with Gasteiger partial charge in [0.25, 0.3) is 0 Å². The monoisotopic (exact) mass is 513 g/mol. The third kappa shape index (κ3) is 10.2. The Labute approximate surface area is 207 Å². The zero-order valence-electron chi connectivity index (χ0n) is 19.0. The minimum Gasteiger partial charge on any atom is -0.508 e. The number of carboxylic acids is 1. The number of nitrogens with one attached hydrogen (secondary N) is 3. The minimum absolute atomic E-state index is 0.0535. The maximum Gasteiger partial charge on any atom is 0.326 e. The maximum atomic E-state index is 12.7. The Morgan fingerprint density at radius 1 is 0.971 bits per heavy atom. The van der Waals surface area contributed by atoms with Gasteiger partial charge in [-0.25, -0.2) is 4.79 Å². The Hall–Kier alpha value is -3.36. The normalized spacial score (nSPS) is 15.1. The number of thiol groups is 1. The van der Waals surface area contributed by atoms with Crippen LogP contribution in [-0.2, 0) is 30.4 Å². The molecule has 0 aromatic heterocycles. The molecule has 0 spiro atoms. The van der Waals surface area contributed by atoms with Gasteiger partial charge in [0.1, 0.15) is 23.9 Å². The van der Waals surface area contributed by atoms with Crippen LogP contribution >= 0.6 is 12.6 Å². The zero-order valence-corrected chi connectivity index (χ0v) is 19.9. The molecule has 0 radical (unpaired) electrons. The van der Waals surface area contributed by atoms with Crippen molar-refractivity contribution in [2.24, 2.45) is 11.5 Å². The van der Waals surface area contributed by atoms with Crippen LogP contribution in [0.2, 0.25) is 0 Å². The summed E-state index contributed by atoms with van der Waals surface area (Å²) in [5, 5.41) is 35.3. The number of hydrogen-bond donors (Lipinski definition) is 9. The van der Waals surface area contributed by atoms with Crippen LogP contribution in [0.1, 0.15) is 25.3 Å². The fraction of sp³-hybridized carbons (Fsp3) is 0.476. The molecule has 0 fully saturated rings. The lowest BCUT2D eigenvalue weighted by Crippen LogP contribution is -2.60. The van der Waals surface area contributed by atoms with Crippen LogP contribution in [0.5, 0.6) is 5.75 Å². The number of hydrogen-bond acceptors (Lipinski definition) is 9. The van der Waals surface area contributed by atoms with Gasteiger partial charge in [0.15, 0.2) is 0 Å². The lowest BCUT2D eigenvalue weighted by atomic mass is 10.1. The highest BCUT2D eigenvalue weighted by molar-refractivity contribution is 7.80. The van der Waals surface area contributed by atoms with Crippen molar-refractivity contribution in [3.05, 3.63) is 29.8 Å². The summed E-state index contributed by atoms with van der Waals surface area (Å²) in [6.45, 7) is 1.20. The van der Waals surface area contributed by atoms with E-state index in [-0.39, 0.29) is 30.8 Å². The second kappa shape index (κ2) is 14.1. The van der Waals surface area contributed by atoms with Gasteiger partial charge in [0.2, 0.25) is 23.6 Å². The molecular formula is C21H31N5O8S. The van der Waals surface area contributed by atoms with Crippen LogP contribution in [0, 0.1) is 0 Å². The third-order valence-corrected chi connectivity index (χ3v) is 5.27. The Morgan fingerprint density at radius 2 is 1.54 bits per heavy atom. The quantitative estimate of drug-likeness (QED) is 0.118. The summed E-state index contributed by atoms with van der Waals surface area (Å²) in [4.78, 5) is 59.9. The number of carbonyl (C=O) groups is 5. The van der Waals surface area contributed by atoms with E-state index >= 15 is 0 Å². The average Bonchev–Trinajstić information content (AvgIpc) is 2.78. The highest BCUT2D eigenvalue weighted by Crippen LogP contribution is 2.11. The van der Waals surface area contributed by atoms with E-state index in [2.05, 4.69) is 28.6 Å². The van der Waals surface area contributed by atoms with Crippen molar-refractivity contribution in [2.75, 3.05) is 5.75 Å². The number of aliphatic carboxylic acids is 1. The molecule has 14 heteroatoms. The highest BCUT2D eigenvalue weighted by atomic mass is 32.1. The fourth-order valence-corrected chi connectivity index (χ4v) is 3.17. The van der Waals surface area contributed by atoms with Crippen molar-refractivity contribution >= 4 is 42.2 Å². The van der Waals surface area contributed by atoms with Crippen molar-refractivity contribution in [3.63, 3.8) is 0 Å². The topological polar surface area (TPSA) is 234 Å². The van der Waals surface area contributed by atoms with Gasteiger partial charge in [0.05, 0.1) is 12.1 Å². The second-order valence-electron chi connectivity index (χ2n) is 7.85. The first-order chi connectivity index (χ1) is 16.3. The van der Waals surface area contributed by atoms with E-state index in [1.807, 2.05) is 0 Å². The lowest BCUT2D eigenvalue weighted by Gasteiger charge is -2.26. The van der Waals surface area contributed by atoms with Gasteiger partial charge in [-0.2, -0.15) is 12.6 Å². The van der Waals surface area contributed by atoms with E-state index in [1.54, 1.807) is 12.1 Å². The van der Waals surface area contributed by atoms with Crippen molar-refractivity contribution in [1.82, 2.24) is 16.0 Å². The summed E-state index contributed by atoms with van der Waals surface area (Å²) in [6.07, 6.45) is -1.91. The largest absolute Gasteiger partial charge is 0.508 e. The predicted octanol–water partition coefficient (Wildman–Crippen LogP) is -2.62. The molecule has 1 aromatic carbocycles. The number of carbonyl (C=O) groups excluding carboxylic acids is 4. The summed E-state index contributed by atoms with van der Waals surface area (Å²) in [7, 11) is 0. The van der Waals surface area contributed by atoms with Gasteiger partial charge in [-0.1, -0.05) is 12.1 Å². The molecule has 1 rings (SSSR count). The van der Waals surface area contributed by atoms with Crippen LogP contribution in [-0.4, -0.2) is 80.9 Å². The average molecular weight is 514 g/mol. The maximum absolute atomic E-state index is 12.7. The third-order valence-electron chi connectivity index (χ3n) is 4.90. The number of phenols is 1. The van der Waals surface area contributed by atoms with Crippen LogP contribution in [0.3, 0.4) is 0 Å². The molecule has 0 saturated carbocycles. The van der Waals surface area contributed by atoms with Crippen molar-refractivity contribution in [1.29, 1.82) is 0 Å². The van der Waals surface area contributed by atoms with Gasteiger partial charge < -0.3 is 42.7 Å². The van der Waals surface area contributed by atoms with Crippen molar-refractivity contribution < 1.29 is 39.3 Å². The Morgan fingerprint density at radius 3 is 2.03 bits per heavy atom. The fourth-order valence-electron chi connectivity index (χ4n) is 2.92. The number of amides is 4. The van der Waals surface area contributed by atoms with E-state index < -0.39 is 59.9 Å². The number of phenolic OH excluding ortho intramolecular Hbond substituents is 1. The Kier molecular flexibility index (Phi) is 12.0. The molecule has 5 unspecified atom stereocenters. The molecule has 5 atom stereocenters. The van der Waals surface area contributed by atoms with Crippen LogP contribution in [0.15, 0.2) is 24.3 Å². The molecule has 0 aliphatic rings. The van der Waals surface area contributed by atoms with Crippen LogP contribution < -0.4 is 27.4 Å². The standard InChI is InChI=1S/C21H31N5O8S/c1-10(27)17(20(32)24-14(21(33)34)6-7-16(23)29)26-19(31)15(9-35)25-18(30)13(22)8-11-2-4-12(28)5-3-11/h2-5,10,13-15,17,27-28,35H,6-9,22H2,1H3,(H2,23,29)(H,24,32)(H,25,30)(H,26,31)(H,33,34). The van der Waals surface area contributed by atoms with Gasteiger partial charge >= 0.3 is 5.97 Å². The number of carboxylic acid groups (broad SMARTS) is 1. The Bertz CT molecular complexity index is 911. The van der Waals surface area contributed by atoms with E-state index in [0.717, 1.165) is 0 Å². The molecule has 4 amide bonds. The number of nitrogens with two attached hydrogens (primary N) is 2. The smallest absolute Gasteiger partial charge is 0.326 e. The van der Waals surface area contributed by atoms with Gasteiger partial charge in [-0.05, 0) is 37.5 Å². The first-order valence-corrected chi connectivity index (χ1v) is 11.2. The molecule has 0 saturated heterocycles. The number of aromatic hydroxyl groups is 1. The highest BCUT2D eigenvalue weighted by Gasteiger charge is 2.32. The molecule has 10 N–H and O–H groups in total. The van der Waals surface area contributed by atoms with Crippen molar-refractivity contribution in [3.8, 4) is 5.75 Å². The molecule has 0 bridgehead atoms. The summed E-state index contributed by atoms with van der Waals surface area (Å²) in [5.41, 5.74) is 11.6. The van der Waals surface area contributed by atoms with E-state index in [4.69, 9.17) is 11.5 Å². The summed E-state index contributed by atoms with van der Waals surface area (Å²) in [5.74, 6) is -4.87. The lowest BCUT2D eigenvalue weighted by molar-refractivity contribution is -0.143. The first-order valence-electron chi connectivity index (χ1n) is 10.6. The molecule has 0 aliphatic carbocycles. The molecule has 35 heavy (non-hydrogen) atoms.